The van der Waals surface area contributed by atoms with Crippen LogP contribution in [-0.2, 0) is 4.79 Å². The highest BCUT2D eigenvalue weighted by atomic mass is 16.2. The third-order valence-corrected chi connectivity index (χ3v) is 4.35. The van der Waals surface area contributed by atoms with Crippen LogP contribution in [0.15, 0.2) is 66.7 Å². The third kappa shape index (κ3) is 3.52. The standard InChI is InChI=1S/C21H21N3O2/c1-14-8-9-15(2)24(14)18-12-10-17(11-13-18)21(26)23-19(20(22)25)16-6-4-3-5-7-16/h3-13,19H,1-2H3,(H2,22,25)(H,23,26). The van der Waals surface area contributed by atoms with E-state index in [1.165, 1.54) is 0 Å². The average molecular weight is 347 g/mol. The van der Waals surface area contributed by atoms with Gasteiger partial charge in [-0.25, -0.2) is 0 Å². The van der Waals surface area contributed by atoms with Crippen molar-refractivity contribution in [1.29, 1.82) is 0 Å². The molecule has 0 radical (unpaired) electrons. The van der Waals surface area contributed by atoms with Gasteiger partial charge in [0.25, 0.3) is 5.91 Å². The maximum Gasteiger partial charge on any atom is 0.252 e. The van der Waals surface area contributed by atoms with Gasteiger partial charge in [-0.05, 0) is 55.8 Å². The molecule has 132 valence electrons. The van der Waals surface area contributed by atoms with Crippen molar-refractivity contribution in [2.24, 2.45) is 5.73 Å². The number of hydrogen-bond donors (Lipinski definition) is 2. The molecule has 26 heavy (non-hydrogen) atoms. The van der Waals surface area contributed by atoms with E-state index in [0.717, 1.165) is 17.1 Å². The minimum Gasteiger partial charge on any atom is -0.368 e. The summed E-state index contributed by atoms with van der Waals surface area (Å²) in [5.74, 6) is -0.940. The number of carbonyl (C=O) groups excluding carboxylic acids is 2. The number of rotatable bonds is 5. The summed E-state index contributed by atoms with van der Waals surface area (Å²) in [6, 6.07) is 19.5. The van der Waals surface area contributed by atoms with Crippen LogP contribution in [0.3, 0.4) is 0 Å². The third-order valence-electron chi connectivity index (χ3n) is 4.35. The molecule has 0 saturated carbocycles. The number of benzene rings is 2. The highest BCUT2D eigenvalue weighted by molar-refractivity contribution is 5.97. The second-order valence-electron chi connectivity index (χ2n) is 6.22. The molecule has 0 spiro atoms. The second-order valence-corrected chi connectivity index (χ2v) is 6.22. The molecule has 0 aliphatic heterocycles. The van der Waals surface area contributed by atoms with Crippen molar-refractivity contribution in [1.82, 2.24) is 9.88 Å². The van der Waals surface area contributed by atoms with Gasteiger partial charge in [-0.15, -0.1) is 0 Å². The predicted molar refractivity (Wildman–Crippen MR) is 101 cm³/mol. The molecule has 0 aliphatic carbocycles. The lowest BCUT2D eigenvalue weighted by Crippen LogP contribution is -2.37. The molecule has 1 unspecified atom stereocenters. The molecule has 1 aromatic heterocycles. The summed E-state index contributed by atoms with van der Waals surface area (Å²) in [4.78, 5) is 24.3. The topological polar surface area (TPSA) is 77.1 Å². The van der Waals surface area contributed by atoms with Crippen molar-refractivity contribution in [2.75, 3.05) is 0 Å². The molecule has 3 aromatic rings. The summed E-state index contributed by atoms with van der Waals surface area (Å²) in [5.41, 5.74) is 9.81. The van der Waals surface area contributed by atoms with E-state index < -0.39 is 11.9 Å². The van der Waals surface area contributed by atoms with Gasteiger partial charge in [0.05, 0.1) is 0 Å². The van der Waals surface area contributed by atoms with Crippen molar-refractivity contribution in [2.45, 2.75) is 19.9 Å². The normalized spacial score (nSPS) is 11.8. The van der Waals surface area contributed by atoms with Gasteiger partial charge in [-0.3, -0.25) is 9.59 Å². The summed E-state index contributed by atoms with van der Waals surface area (Å²) >= 11 is 0. The number of aryl methyl sites for hydroxylation is 2. The first kappa shape index (κ1) is 17.5. The molecule has 3 N–H and O–H groups in total. The molecule has 0 fully saturated rings. The minimum atomic E-state index is -0.864. The molecule has 2 amide bonds. The molecule has 5 nitrogen and oxygen atoms in total. The average Bonchev–Trinajstić information content (AvgIpc) is 2.98. The smallest absolute Gasteiger partial charge is 0.252 e. The van der Waals surface area contributed by atoms with Crippen molar-refractivity contribution in [3.05, 3.63) is 89.2 Å². The Morgan fingerprint density at radius 1 is 0.885 bits per heavy atom. The number of aromatic nitrogens is 1. The number of primary amides is 1. The Balaban J connectivity index is 1.81. The van der Waals surface area contributed by atoms with Gasteiger partial charge in [0, 0.05) is 22.6 Å². The number of hydrogen-bond acceptors (Lipinski definition) is 2. The van der Waals surface area contributed by atoms with Crippen LogP contribution in [0.25, 0.3) is 5.69 Å². The van der Waals surface area contributed by atoms with E-state index in [1.54, 1.807) is 36.4 Å². The van der Waals surface area contributed by atoms with Crippen LogP contribution in [0.4, 0.5) is 0 Å². The lowest BCUT2D eigenvalue weighted by Gasteiger charge is -2.16. The Morgan fingerprint density at radius 3 is 2.00 bits per heavy atom. The Labute approximate surface area is 152 Å². The van der Waals surface area contributed by atoms with Gasteiger partial charge in [-0.2, -0.15) is 0 Å². The molecule has 2 aromatic carbocycles. The van der Waals surface area contributed by atoms with Gasteiger partial charge < -0.3 is 15.6 Å². The number of nitrogens with one attached hydrogen (secondary N) is 1. The molecule has 5 heteroatoms. The summed E-state index contributed by atoms with van der Waals surface area (Å²) in [5, 5.41) is 2.71. The van der Waals surface area contributed by atoms with Crippen LogP contribution in [0.2, 0.25) is 0 Å². The molecule has 1 heterocycles. The number of carbonyl (C=O) groups is 2. The molecule has 0 aliphatic rings. The zero-order chi connectivity index (χ0) is 18.7. The van der Waals surface area contributed by atoms with Crippen LogP contribution in [0.5, 0.6) is 0 Å². The van der Waals surface area contributed by atoms with Gasteiger partial charge in [0.2, 0.25) is 5.91 Å². The molecule has 0 bridgehead atoms. The SMILES string of the molecule is Cc1ccc(C)n1-c1ccc(C(=O)NC(C(N)=O)c2ccccc2)cc1. The maximum absolute atomic E-state index is 12.5. The quantitative estimate of drug-likeness (QED) is 0.744. The molecule has 0 saturated heterocycles. The minimum absolute atomic E-state index is 0.342. The highest BCUT2D eigenvalue weighted by Crippen LogP contribution is 2.18. The van der Waals surface area contributed by atoms with Crippen molar-refractivity contribution < 1.29 is 9.59 Å². The molecule has 1 atom stereocenters. The van der Waals surface area contributed by atoms with Gasteiger partial charge >= 0.3 is 0 Å². The lowest BCUT2D eigenvalue weighted by molar-refractivity contribution is -0.120. The number of nitrogens with two attached hydrogens (primary N) is 1. The van der Waals surface area contributed by atoms with Gasteiger partial charge in [-0.1, -0.05) is 30.3 Å². The highest BCUT2D eigenvalue weighted by Gasteiger charge is 2.20. The van der Waals surface area contributed by atoms with Crippen LogP contribution in [0, 0.1) is 13.8 Å². The van der Waals surface area contributed by atoms with Crippen LogP contribution < -0.4 is 11.1 Å². The lowest BCUT2D eigenvalue weighted by atomic mass is 10.1. The fraction of sp³-hybridized carbons (Fsp3) is 0.143. The largest absolute Gasteiger partial charge is 0.368 e. The van der Waals surface area contributed by atoms with Crippen LogP contribution in [-0.4, -0.2) is 16.4 Å². The molecule has 3 rings (SSSR count). The van der Waals surface area contributed by atoms with E-state index >= 15 is 0 Å². The summed E-state index contributed by atoms with van der Waals surface area (Å²) in [6.07, 6.45) is 0. The van der Waals surface area contributed by atoms with Crippen LogP contribution in [0.1, 0.15) is 33.4 Å². The summed E-state index contributed by atoms with van der Waals surface area (Å²) < 4.78 is 2.11. The fourth-order valence-corrected chi connectivity index (χ4v) is 3.02. The van der Waals surface area contributed by atoms with Crippen molar-refractivity contribution in [3.8, 4) is 5.69 Å². The van der Waals surface area contributed by atoms with E-state index in [2.05, 4.69) is 9.88 Å². The molecular weight excluding hydrogens is 326 g/mol. The predicted octanol–water partition coefficient (Wildman–Crippen LogP) is 3.05. The van der Waals surface area contributed by atoms with E-state index in [9.17, 15) is 9.59 Å². The first-order valence-corrected chi connectivity index (χ1v) is 8.38. The summed E-state index contributed by atoms with van der Waals surface area (Å²) in [6.45, 7) is 4.07. The van der Waals surface area contributed by atoms with E-state index in [-0.39, 0.29) is 5.91 Å². The first-order chi connectivity index (χ1) is 12.5. The Bertz CT molecular complexity index is 908. The van der Waals surface area contributed by atoms with Gasteiger partial charge in [0.1, 0.15) is 6.04 Å². The zero-order valence-corrected chi connectivity index (χ0v) is 14.8. The van der Waals surface area contributed by atoms with Crippen molar-refractivity contribution in [3.63, 3.8) is 0 Å². The summed E-state index contributed by atoms with van der Waals surface area (Å²) in [7, 11) is 0. The first-order valence-electron chi connectivity index (χ1n) is 8.38. The van der Waals surface area contributed by atoms with E-state index in [1.807, 2.05) is 44.2 Å². The Hall–Kier alpha value is -3.34. The van der Waals surface area contributed by atoms with E-state index in [4.69, 9.17) is 5.73 Å². The fourth-order valence-electron chi connectivity index (χ4n) is 3.02. The van der Waals surface area contributed by atoms with E-state index in [0.29, 0.717) is 11.1 Å². The van der Waals surface area contributed by atoms with Crippen molar-refractivity contribution >= 4 is 11.8 Å². The Kier molecular flexibility index (Phi) is 4.89. The molecular formula is C21H21N3O2. The number of nitrogens with zero attached hydrogens (tertiary/aromatic N) is 1. The Morgan fingerprint density at radius 2 is 1.46 bits per heavy atom. The van der Waals surface area contributed by atoms with Crippen LogP contribution >= 0.6 is 0 Å². The maximum atomic E-state index is 12.5. The van der Waals surface area contributed by atoms with Gasteiger partial charge in [0.15, 0.2) is 0 Å². The monoisotopic (exact) mass is 347 g/mol. The second kappa shape index (κ2) is 7.27. The number of amides is 2. The zero-order valence-electron chi connectivity index (χ0n) is 14.8.